The fourth-order valence-electron chi connectivity index (χ4n) is 1.60. The summed E-state index contributed by atoms with van der Waals surface area (Å²) < 4.78 is 0. The molecule has 0 saturated carbocycles. The summed E-state index contributed by atoms with van der Waals surface area (Å²) >= 11 is 3.46. The van der Waals surface area contributed by atoms with Crippen LogP contribution < -0.4 is 0 Å². The molecule has 0 nitrogen and oxygen atoms in total. The fraction of sp³-hybridized carbons (Fsp3) is 0.571. The molecule has 1 aromatic carbocycles. The van der Waals surface area contributed by atoms with Crippen LogP contribution in [0.5, 0.6) is 0 Å². The van der Waals surface area contributed by atoms with Crippen LogP contribution in [0, 0.1) is 0 Å². The first kappa shape index (κ1) is 12.8. The number of benzene rings is 1. The van der Waals surface area contributed by atoms with E-state index in [1.165, 1.54) is 30.4 Å². The third-order valence-corrected chi connectivity index (χ3v) is 3.23. The highest BCUT2D eigenvalue weighted by Crippen LogP contribution is 2.22. The van der Waals surface area contributed by atoms with Crippen LogP contribution in [0.2, 0.25) is 0 Å². The van der Waals surface area contributed by atoms with E-state index in [0.717, 1.165) is 5.33 Å². The predicted octanol–water partition coefficient (Wildman–Crippen LogP) is 4.70. The van der Waals surface area contributed by atoms with Crippen LogP contribution in [-0.4, -0.2) is 5.33 Å². The van der Waals surface area contributed by atoms with Gasteiger partial charge in [-0.15, -0.1) is 0 Å². The maximum atomic E-state index is 3.46. The molecule has 0 fully saturated rings. The summed E-state index contributed by atoms with van der Waals surface area (Å²) in [5, 5.41) is 1.12. The van der Waals surface area contributed by atoms with Gasteiger partial charge in [-0.1, -0.05) is 61.0 Å². The highest BCUT2D eigenvalue weighted by molar-refractivity contribution is 9.09. The molecule has 0 saturated heterocycles. The maximum absolute atomic E-state index is 3.46. The van der Waals surface area contributed by atoms with Crippen molar-refractivity contribution in [3.05, 3.63) is 35.4 Å². The molecule has 1 heteroatoms. The van der Waals surface area contributed by atoms with Crippen molar-refractivity contribution in [2.45, 2.75) is 45.4 Å². The van der Waals surface area contributed by atoms with Gasteiger partial charge in [-0.05, 0) is 35.8 Å². The van der Waals surface area contributed by atoms with E-state index < -0.39 is 0 Å². The first-order valence-electron chi connectivity index (χ1n) is 5.69. The molecule has 1 aromatic rings. The van der Waals surface area contributed by atoms with E-state index in [0.29, 0.717) is 0 Å². The van der Waals surface area contributed by atoms with Crippen LogP contribution in [0.1, 0.15) is 44.7 Å². The molecule has 0 atom stereocenters. The van der Waals surface area contributed by atoms with Crippen LogP contribution in [0.15, 0.2) is 24.3 Å². The minimum absolute atomic E-state index is 0.272. The normalized spacial score (nSPS) is 11.7. The predicted molar refractivity (Wildman–Crippen MR) is 71.9 cm³/mol. The minimum atomic E-state index is 0.272. The van der Waals surface area contributed by atoms with E-state index in [2.05, 4.69) is 61.0 Å². The van der Waals surface area contributed by atoms with E-state index in [1.807, 2.05) is 0 Å². The van der Waals surface area contributed by atoms with E-state index in [4.69, 9.17) is 0 Å². The van der Waals surface area contributed by atoms with Gasteiger partial charge in [0.25, 0.3) is 0 Å². The smallest absolute Gasteiger partial charge is 0.00314 e. The number of aryl methyl sites for hydroxylation is 1. The molecule has 84 valence electrons. The molecule has 0 N–H and O–H groups in total. The Labute approximate surface area is 102 Å². The molecular weight excluding hydrogens is 248 g/mol. The van der Waals surface area contributed by atoms with Gasteiger partial charge in [0.15, 0.2) is 0 Å². The lowest BCUT2D eigenvalue weighted by atomic mass is 9.86. The standard InChI is InChI=1S/C14H21Br/c1-14(2,3)13-9-7-12(8-10-13)6-4-5-11-15/h7-10H,4-6,11H2,1-3H3. The Morgan fingerprint density at radius 1 is 1.00 bits per heavy atom. The lowest BCUT2D eigenvalue weighted by Gasteiger charge is -2.19. The van der Waals surface area contributed by atoms with Crippen LogP contribution in [0.25, 0.3) is 0 Å². The van der Waals surface area contributed by atoms with Crippen LogP contribution in [0.3, 0.4) is 0 Å². The summed E-state index contributed by atoms with van der Waals surface area (Å²) in [4.78, 5) is 0. The molecule has 0 aliphatic heterocycles. The van der Waals surface area contributed by atoms with Crippen LogP contribution in [0.4, 0.5) is 0 Å². The number of hydrogen-bond donors (Lipinski definition) is 0. The first-order valence-corrected chi connectivity index (χ1v) is 6.81. The zero-order valence-electron chi connectivity index (χ0n) is 10.0. The third-order valence-electron chi connectivity index (χ3n) is 2.67. The fourth-order valence-corrected chi connectivity index (χ4v) is 1.99. The zero-order valence-corrected chi connectivity index (χ0v) is 11.6. The van der Waals surface area contributed by atoms with Crippen molar-refractivity contribution < 1.29 is 0 Å². The van der Waals surface area contributed by atoms with E-state index in [-0.39, 0.29) is 5.41 Å². The SMILES string of the molecule is CC(C)(C)c1ccc(CCCCBr)cc1. The average Bonchev–Trinajstić information content (AvgIpc) is 2.18. The van der Waals surface area contributed by atoms with E-state index in [1.54, 1.807) is 0 Å². The third kappa shape index (κ3) is 4.38. The van der Waals surface area contributed by atoms with Crippen molar-refractivity contribution in [3.63, 3.8) is 0 Å². The van der Waals surface area contributed by atoms with Crippen molar-refractivity contribution in [2.24, 2.45) is 0 Å². The Morgan fingerprint density at radius 2 is 1.60 bits per heavy atom. The minimum Gasteiger partial charge on any atom is -0.0928 e. The molecule has 0 aromatic heterocycles. The summed E-state index contributed by atoms with van der Waals surface area (Å²) in [6, 6.07) is 9.08. The van der Waals surface area contributed by atoms with Crippen LogP contribution in [-0.2, 0) is 11.8 Å². The molecule has 1 rings (SSSR count). The Morgan fingerprint density at radius 3 is 2.07 bits per heavy atom. The Kier molecular flexibility index (Phi) is 4.85. The molecule has 0 aliphatic carbocycles. The topological polar surface area (TPSA) is 0 Å². The summed E-state index contributed by atoms with van der Waals surface area (Å²) in [7, 11) is 0. The van der Waals surface area contributed by atoms with Crippen molar-refractivity contribution in [1.29, 1.82) is 0 Å². The molecule has 0 unspecified atom stereocenters. The van der Waals surface area contributed by atoms with Crippen molar-refractivity contribution in [1.82, 2.24) is 0 Å². The van der Waals surface area contributed by atoms with E-state index >= 15 is 0 Å². The number of unbranched alkanes of at least 4 members (excludes halogenated alkanes) is 1. The van der Waals surface area contributed by atoms with Crippen LogP contribution >= 0.6 is 15.9 Å². The molecule has 0 spiro atoms. The average molecular weight is 269 g/mol. The molecule has 15 heavy (non-hydrogen) atoms. The number of halogens is 1. The highest BCUT2D eigenvalue weighted by atomic mass is 79.9. The van der Waals surface area contributed by atoms with Gasteiger partial charge in [-0.3, -0.25) is 0 Å². The number of rotatable bonds is 4. The lowest BCUT2D eigenvalue weighted by molar-refractivity contribution is 0.590. The Balaban J connectivity index is 2.57. The van der Waals surface area contributed by atoms with Gasteiger partial charge in [0.1, 0.15) is 0 Å². The molecule has 0 radical (unpaired) electrons. The van der Waals surface area contributed by atoms with Gasteiger partial charge >= 0.3 is 0 Å². The van der Waals surface area contributed by atoms with Gasteiger partial charge in [0, 0.05) is 5.33 Å². The summed E-state index contributed by atoms with van der Waals surface area (Å²) in [6.07, 6.45) is 3.75. The number of hydrogen-bond acceptors (Lipinski definition) is 0. The quantitative estimate of drug-likeness (QED) is 0.549. The Hall–Kier alpha value is -0.300. The Bertz CT molecular complexity index is 279. The lowest BCUT2D eigenvalue weighted by Crippen LogP contribution is -2.10. The second-order valence-corrected chi connectivity index (χ2v) is 5.89. The van der Waals surface area contributed by atoms with E-state index in [9.17, 15) is 0 Å². The summed E-state index contributed by atoms with van der Waals surface area (Å²) in [5.74, 6) is 0. The highest BCUT2D eigenvalue weighted by Gasteiger charge is 2.12. The molecule has 0 bridgehead atoms. The summed E-state index contributed by atoms with van der Waals surface area (Å²) in [6.45, 7) is 6.77. The zero-order chi connectivity index (χ0) is 11.3. The molecule has 0 amide bonds. The van der Waals surface area contributed by atoms with Gasteiger partial charge in [0.2, 0.25) is 0 Å². The summed E-state index contributed by atoms with van der Waals surface area (Å²) in [5.41, 5.74) is 3.16. The van der Waals surface area contributed by atoms with Crippen molar-refractivity contribution in [2.75, 3.05) is 5.33 Å². The van der Waals surface area contributed by atoms with Gasteiger partial charge in [0.05, 0.1) is 0 Å². The second kappa shape index (κ2) is 5.69. The monoisotopic (exact) mass is 268 g/mol. The largest absolute Gasteiger partial charge is 0.0928 e. The van der Waals surface area contributed by atoms with Gasteiger partial charge in [-0.2, -0.15) is 0 Å². The van der Waals surface area contributed by atoms with Gasteiger partial charge in [-0.25, -0.2) is 0 Å². The van der Waals surface area contributed by atoms with Gasteiger partial charge < -0.3 is 0 Å². The molecular formula is C14H21Br. The molecule has 0 heterocycles. The molecule has 0 aliphatic rings. The van der Waals surface area contributed by atoms with Crippen molar-refractivity contribution >= 4 is 15.9 Å². The second-order valence-electron chi connectivity index (χ2n) is 5.09. The number of alkyl halides is 1. The first-order chi connectivity index (χ1) is 7.04. The van der Waals surface area contributed by atoms with Crippen molar-refractivity contribution in [3.8, 4) is 0 Å². The maximum Gasteiger partial charge on any atom is 0.00314 e.